The molecule has 0 aliphatic carbocycles. The minimum atomic E-state index is -3.57. The average Bonchev–Trinajstić information content (AvgIpc) is 3.07. The number of hydrogen-bond acceptors (Lipinski definition) is 4. The summed E-state index contributed by atoms with van der Waals surface area (Å²) in [6.07, 6.45) is 3.72. The molecular formula is C16H24N2O4S. The number of carbonyl (C=O) groups excluding carboxylic acids is 1. The van der Waals surface area contributed by atoms with E-state index < -0.39 is 10.0 Å². The summed E-state index contributed by atoms with van der Waals surface area (Å²) in [6.45, 7) is 3.64. The topological polar surface area (TPSA) is 84.5 Å². The van der Waals surface area contributed by atoms with Crippen LogP contribution in [0, 0.1) is 0 Å². The minimum Gasteiger partial charge on any atom is -0.377 e. The van der Waals surface area contributed by atoms with Gasteiger partial charge in [-0.05, 0) is 43.5 Å². The number of nitrogens with one attached hydrogen (secondary N) is 2. The van der Waals surface area contributed by atoms with Crippen LogP contribution >= 0.6 is 0 Å². The Morgan fingerprint density at radius 1 is 1.30 bits per heavy atom. The molecule has 1 aliphatic rings. The van der Waals surface area contributed by atoms with Crippen molar-refractivity contribution in [2.24, 2.45) is 0 Å². The number of amides is 1. The highest BCUT2D eigenvalue weighted by molar-refractivity contribution is 7.89. The van der Waals surface area contributed by atoms with Gasteiger partial charge in [0.1, 0.15) is 0 Å². The van der Waals surface area contributed by atoms with E-state index in [-0.39, 0.29) is 23.5 Å². The molecule has 128 valence electrons. The number of rotatable bonds is 8. The first-order chi connectivity index (χ1) is 11.0. The summed E-state index contributed by atoms with van der Waals surface area (Å²) in [5, 5.41) is 2.80. The molecule has 1 amide bonds. The van der Waals surface area contributed by atoms with Crippen LogP contribution in [0.3, 0.4) is 0 Å². The van der Waals surface area contributed by atoms with Crippen LogP contribution in [0.2, 0.25) is 0 Å². The lowest BCUT2D eigenvalue weighted by Gasteiger charge is -2.11. The highest BCUT2D eigenvalue weighted by atomic mass is 32.2. The Bertz CT molecular complexity index is 607. The van der Waals surface area contributed by atoms with E-state index in [1.165, 1.54) is 24.3 Å². The fourth-order valence-corrected chi connectivity index (χ4v) is 3.42. The van der Waals surface area contributed by atoms with Crippen molar-refractivity contribution < 1.29 is 17.9 Å². The fraction of sp³-hybridized carbons (Fsp3) is 0.562. The third kappa shape index (κ3) is 5.30. The predicted molar refractivity (Wildman–Crippen MR) is 87.8 cm³/mol. The van der Waals surface area contributed by atoms with Crippen LogP contribution in [0.4, 0.5) is 0 Å². The minimum absolute atomic E-state index is 0.0478. The zero-order valence-electron chi connectivity index (χ0n) is 13.4. The van der Waals surface area contributed by atoms with E-state index in [2.05, 4.69) is 17.0 Å². The lowest BCUT2D eigenvalue weighted by Crippen LogP contribution is -2.31. The fourth-order valence-electron chi connectivity index (χ4n) is 2.36. The van der Waals surface area contributed by atoms with Crippen LogP contribution in [0.1, 0.15) is 43.0 Å². The molecule has 1 fully saturated rings. The highest BCUT2D eigenvalue weighted by Gasteiger charge is 2.20. The van der Waals surface area contributed by atoms with Crippen molar-refractivity contribution in [1.82, 2.24) is 10.0 Å². The normalized spacial score (nSPS) is 18.0. The van der Waals surface area contributed by atoms with Crippen LogP contribution in [0.25, 0.3) is 0 Å². The number of unbranched alkanes of at least 4 members (excludes halogenated alkanes) is 1. The van der Waals surface area contributed by atoms with Crippen molar-refractivity contribution in [3.05, 3.63) is 29.8 Å². The van der Waals surface area contributed by atoms with Gasteiger partial charge in [0.2, 0.25) is 10.0 Å². The van der Waals surface area contributed by atoms with E-state index >= 15 is 0 Å². The number of hydrogen-bond donors (Lipinski definition) is 2. The maximum absolute atomic E-state index is 12.2. The SMILES string of the molecule is CCCCNC(=O)c1ccc(S(=O)(=O)NCC2CCCO2)cc1. The monoisotopic (exact) mass is 340 g/mol. The van der Waals surface area contributed by atoms with Gasteiger partial charge in [0.05, 0.1) is 11.0 Å². The second-order valence-electron chi connectivity index (χ2n) is 5.62. The number of sulfonamides is 1. The Balaban J connectivity index is 1.93. The van der Waals surface area contributed by atoms with Crippen molar-refractivity contribution in [1.29, 1.82) is 0 Å². The molecule has 2 N–H and O–H groups in total. The van der Waals surface area contributed by atoms with Gasteiger partial charge in [-0.2, -0.15) is 0 Å². The van der Waals surface area contributed by atoms with E-state index in [1.54, 1.807) is 0 Å². The van der Waals surface area contributed by atoms with E-state index in [0.717, 1.165) is 25.7 Å². The second kappa shape index (κ2) is 8.42. The highest BCUT2D eigenvalue weighted by Crippen LogP contribution is 2.14. The summed E-state index contributed by atoms with van der Waals surface area (Å²) in [5.41, 5.74) is 0.458. The van der Waals surface area contributed by atoms with Crippen LogP contribution in [0.15, 0.2) is 29.2 Å². The molecule has 0 aromatic heterocycles. The van der Waals surface area contributed by atoms with Gasteiger partial charge in [0, 0.05) is 25.3 Å². The molecule has 0 spiro atoms. The quantitative estimate of drug-likeness (QED) is 0.705. The third-order valence-corrected chi connectivity index (χ3v) is 5.21. The van der Waals surface area contributed by atoms with Gasteiger partial charge in [0.15, 0.2) is 0 Å². The summed E-state index contributed by atoms with van der Waals surface area (Å²) >= 11 is 0. The molecule has 0 bridgehead atoms. The summed E-state index contributed by atoms with van der Waals surface area (Å²) in [4.78, 5) is 12.0. The first-order valence-electron chi connectivity index (χ1n) is 8.02. The van der Waals surface area contributed by atoms with Gasteiger partial charge in [-0.25, -0.2) is 13.1 Å². The van der Waals surface area contributed by atoms with Gasteiger partial charge >= 0.3 is 0 Å². The van der Waals surface area contributed by atoms with Crippen molar-refractivity contribution in [3.63, 3.8) is 0 Å². The largest absolute Gasteiger partial charge is 0.377 e. The summed E-state index contributed by atoms with van der Waals surface area (Å²) in [5.74, 6) is -0.185. The molecule has 1 atom stereocenters. The number of ether oxygens (including phenoxy) is 1. The van der Waals surface area contributed by atoms with Crippen LogP contribution in [0.5, 0.6) is 0 Å². The van der Waals surface area contributed by atoms with Gasteiger partial charge in [0.25, 0.3) is 5.91 Å². The van der Waals surface area contributed by atoms with Crippen LogP contribution in [-0.4, -0.2) is 40.1 Å². The molecule has 2 rings (SSSR count). The molecule has 1 unspecified atom stereocenters. The van der Waals surface area contributed by atoms with E-state index in [9.17, 15) is 13.2 Å². The van der Waals surface area contributed by atoms with Crippen LogP contribution < -0.4 is 10.0 Å². The summed E-state index contributed by atoms with van der Waals surface area (Å²) in [6, 6.07) is 5.96. The lowest BCUT2D eigenvalue weighted by molar-refractivity contribution is 0.0953. The van der Waals surface area contributed by atoms with Gasteiger partial charge in [-0.1, -0.05) is 13.3 Å². The first-order valence-corrected chi connectivity index (χ1v) is 9.51. The van der Waals surface area contributed by atoms with E-state index in [4.69, 9.17) is 4.74 Å². The Hall–Kier alpha value is -1.44. The zero-order valence-corrected chi connectivity index (χ0v) is 14.2. The van der Waals surface area contributed by atoms with E-state index in [1.807, 2.05) is 0 Å². The van der Waals surface area contributed by atoms with Gasteiger partial charge in [-0.15, -0.1) is 0 Å². The van der Waals surface area contributed by atoms with Crippen molar-refractivity contribution in [2.75, 3.05) is 19.7 Å². The lowest BCUT2D eigenvalue weighted by atomic mass is 10.2. The van der Waals surface area contributed by atoms with E-state index in [0.29, 0.717) is 18.7 Å². The second-order valence-corrected chi connectivity index (χ2v) is 7.39. The van der Waals surface area contributed by atoms with Gasteiger partial charge in [-0.3, -0.25) is 4.79 Å². The maximum Gasteiger partial charge on any atom is 0.251 e. The molecule has 7 heteroatoms. The van der Waals surface area contributed by atoms with Crippen molar-refractivity contribution >= 4 is 15.9 Å². The van der Waals surface area contributed by atoms with Gasteiger partial charge < -0.3 is 10.1 Å². The maximum atomic E-state index is 12.2. The molecule has 1 aromatic rings. The number of carbonyl (C=O) groups is 1. The molecule has 1 saturated heterocycles. The number of benzene rings is 1. The summed E-state index contributed by atoms with van der Waals surface area (Å²) in [7, 11) is -3.57. The average molecular weight is 340 g/mol. The van der Waals surface area contributed by atoms with Crippen molar-refractivity contribution in [2.45, 2.75) is 43.6 Å². The third-order valence-electron chi connectivity index (χ3n) is 3.77. The Labute approximate surface area is 137 Å². The molecule has 1 heterocycles. The standard InChI is InChI=1S/C16H24N2O4S/c1-2-3-10-17-16(19)13-6-8-15(9-7-13)23(20,21)18-12-14-5-4-11-22-14/h6-9,14,18H,2-5,10-12H2,1H3,(H,17,19). The summed E-state index contributed by atoms with van der Waals surface area (Å²) < 4.78 is 32.4. The molecule has 6 nitrogen and oxygen atoms in total. The Morgan fingerprint density at radius 2 is 2.04 bits per heavy atom. The molecule has 0 saturated carbocycles. The first kappa shape index (κ1) is 17.9. The Kier molecular flexibility index (Phi) is 6.56. The molecule has 1 aromatic carbocycles. The van der Waals surface area contributed by atoms with Crippen LogP contribution in [-0.2, 0) is 14.8 Å². The zero-order chi connectivity index (χ0) is 16.7. The Morgan fingerprint density at radius 3 is 2.65 bits per heavy atom. The van der Waals surface area contributed by atoms with Crippen molar-refractivity contribution in [3.8, 4) is 0 Å². The molecule has 23 heavy (non-hydrogen) atoms. The molecule has 1 aliphatic heterocycles. The predicted octanol–water partition coefficient (Wildman–Crippen LogP) is 1.67. The molecule has 0 radical (unpaired) electrons. The smallest absolute Gasteiger partial charge is 0.251 e. The molecular weight excluding hydrogens is 316 g/mol.